The van der Waals surface area contributed by atoms with Gasteiger partial charge in [-0.25, -0.2) is 0 Å². The average Bonchev–Trinajstić information content (AvgIpc) is 2.15. The summed E-state index contributed by atoms with van der Waals surface area (Å²) >= 11 is 0. The van der Waals surface area contributed by atoms with Crippen LogP contribution in [-0.4, -0.2) is 12.8 Å². The summed E-state index contributed by atoms with van der Waals surface area (Å²) in [4.78, 5) is 11.1. The molecule has 0 spiro atoms. The summed E-state index contributed by atoms with van der Waals surface area (Å²) < 4.78 is 0. The number of Topliss-reactive ketones (excluding diaryl/α,β-unsaturated/α-hetero) is 1. The SMILES string of the molecule is CN[C@@H](CC(C)=O)c1ccccc1C. The molecule has 76 valence electrons. The third-order valence-electron chi connectivity index (χ3n) is 2.40. The van der Waals surface area contributed by atoms with E-state index in [1.165, 1.54) is 11.1 Å². The molecule has 0 aliphatic rings. The van der Waals surface area contributed by atoms with Crippen molar-refractivity contribution >= 4 is 5.78 Å². The monoisotopic (exact) mass is 191 g/mol. The minimum Gasteiger partial charge on any atom is -0.313 e. The first-order chi connectivity index (χ1) is 6.65. The van der Waals surface area contributed by atoms with Gasteiger partial charge in [0.25, 0.3) is 0 Å². The predicted octanol–water partition coefficient (Wildman–Crippen LogP) is 2.23. The van der Waals surface area contributed by atoms with E-state index in [1.54, 1.807) is 6.92 Å². The van der Waals surface area contributed by atoms with E-state index >= 15 is 0 Å². The van der Waals surface area contributed by atoms with Crippen LogP contribution in [0.4, 0.5) is 0 Å². The fourth-order valence-electron chi connectivity index (χ4n) is 1.63. The molecule has 0 amide bonds. The lowest BCUT2D eigenvalue weighted by atomic mass is 9.98. The smallest absolute Gasteiger partial charge is 0.131 e. The van der Waals surface area contributed by atoms with Gasteiger partial charge in [-0.15, -0.1) is 0 Å². The van der Waals surface area contributed by atoms with E-state index < -0.39 is 0 Å². The van der Waals surface area contributed by atoms with Crippen LogP contribution in [0.25, 0.3) is 0 Å². The molecule has 1 N–H and O–H groups in total. The summed E-state index contributed by atoms with van der Waals surface area (Å²) in [7, 11) is 1.89. The van der Waals surface area contributed by atoms with Crippen molar-refractivity contribution in [3.63, 3.8) is 0 Å². The second-order valence-corrected chi connectivity index (χ2v) is 3.60. The van der Waals surface area contributed by atoms with Crippen molar-refractivity contribution in [1.82, 2.24) is 5.32 Å². The van der Waals surface area contributed by atoms with Crippen LogP contribution in [0.5, 0.6) is 0 Å². The van der Waals surface area contributed by atoms with Crippen LogP contribution in [0.2, 0.25) is 0 Å². The van der Waals surface area contributed by atoms with E-state index in [9.17, 15) is 4.79 Å². The number of hydrogen-bond donors (Lipinski definition) is 1. The molecule has 0 radical (unpaired) electrons. The number of rotatable bonds is 4. The zero-order valence-corrected chi connectivity index (χ0v) is 9.00. The quantitative estimate of drug-likeness (QED) is 0.790. The minimum atomic E-state index is 0.147. The number of carbonyl (C=O) groups excluding carboxylic acids is 1. The molecule has 0 aliphatic heterocycles. The van der Waals surface area contributed by atoms with Crippen molar-refractivity contribution in [3.05, 3.63) is 35.4 Å². The van der Waals surface area contributed by atoms with Crippen LogP contribution in [0.1, 0.15) is 30.5 Å². The minimum absolute atomic E-state index is 0.147. The highest BCUT2D eigenvalue weighted by Crippen LogP contribution is 2.20. The lowest BCUT2D eigenvalue weighted by Crippen LogP contribution is -2.19. The van der Waals surface area contributed by atoms with Gasteiger partial charge in [-0.2, -0.15) is 0 Å². The summed E-state index contributed by atoms with van der Waals surface area (Å²) in [5.74, 6) is 0.215. The number of aryl methyl sites for hydroxylation is 1. The molecule has 0 fully saturated rings. The Balaban J connectivity index is 2.89. The first-order valence-corrected chi connectivity index (χ1v) is 4.87. The van der Waals surface area contributed by atoms with Crippen LogP contribution < -0.4 is 5.32 Å². The number of nitrogens with one attached hydrogen (secondary N) is 1. The molecule has 2 nitrogen and oxygen atoms in total. The third kappa shape index (κ3) is 2.67. The van der Waals surface area contributed by atoms with Crippen LogP contribution >= 0.6 is 0 Å². The van der Waals surface area contributed by atoms with Gasteiger partial charge in [-0.1, -0.05) is 24.3 Å². The van der Waals surface area contributed by atoms with Gasteiger partial charge < -0.3 is 5.32 Å². The van der Waals surface area contributed by atoms with Crippen molar-refractivity contribution in [3.8, 4) is 0 Å². The third-order valence-corrected chi connectivity index (χ3v) is 2.40. The molecule has 0 heterocycles. The van der Waals surface area contributed by atoms with Gasteiger partial charge in [-0.05, 0) is 32.0 Å². The first kappa shape index (κ1) is 10.9. The fourth-order valence-corrected chi connectivity index (χ4v) is 1.63. The molecular formula is C12H17NO. The van der Waals surface area contributed by atoms with Crippen LogP contribution in [-0.2, 0) is 4.79 Å². The van der Waals surface area contributed by atoms with Gasteiger partial charge in [0.05, 0.1) is 0 Å². The Labute approximate surface area is 85.3 Å². The molecule has 1 aromatic carbocycles. The number of hydrogen-bond acceptors (Lipinski definition) is 2. The number of ketones is 1. The summed E-state index contributed by atoms with van der Waals surface area (Å²) in [6.07, 6.45) is 0.557. The Morgan fingerprint density at radius 3 is 2.57 bits per heavy atom. The molecule has 2 heteroatoms. The largest absolute Gasteiger partial charge is 0.313 e. The molecule has 14 heavy (non-hydrogen) atoms. The van der Waals surface area contributed by atoms with Gasteiger partial charge in [0.2, 0.25) is 0 Å². The van der Waals surface area contributed by atoms with Gasteiger partial charge in [0.15, 0.2) is 0 Å². The Hall–Kier alpha value is -1.15. The Kier molecular flexibility index (Phi) is 3.84. The van der Waals surface area contributed by atoms with Crippen LogP contribution in [0.15, 0.2) is 24.3 Å². The fraction of sp³-hybridized carbons (Fsp3) is 0.417. The average molecular weight is 191 g/mol. The Bertz CT molecular complexity index is 320. The van der Waals surface area contributed by atoms with Crippen molar-refractivity contribution < 1.29 is 4.79 Å². The summed E-state index contributed by atoms with van der Waals surface area (Å²) in [5, 5.41) is 3.17. The van der Waals surface area contributed by atoms with Gasteiger partial charge in [0.1, 0.15) is 5.78 Å². The topological polar surface area (TPSA) is 29.1 Å². The second-order valence-electron chi connectivity index (χ2n) is 3.60. The molecular weight excluding hydrogens is 174 g/mol. The van der Waals surface area contributed by atoms with E-state index in [-0.39, 0.29) is 11.8 Å². The maximum absolute atomic E-state index is 11.1. The highest BCUT2D eigenvalue weighted by molar-refractivity contribution is 5.76. The Morgan fingerprint density at radius 2 is 2.07 bits per heavy atom. The van der Waals surface area contributed by atoms with Crippen LogP contribution in [0, 0.1) is 6.92 Å². The zero-order valence-electron chi connectivity index (χ0n) is 9.00. The maximum atomic E-state index is 11.1. The highest BCUT2D eigenvalue weighted by Gasteiger charge is 2.12. The lowest BCUT2D eigenvalue weighted by molar-refractivity contribution is -0.117. The van der Waals surface area contributed by atoms with Crippen LogP contribution in [0.3, 0.4) is 0 Å². The lowest BCUT2D eigenvalue weighted by Gasteiger charge is -2.17. The second kappa shape index (κ2) is 4.91. The molecule has 0 saturated carbocycles. The normalized spacial score (nSPS) is 12.5. The van der Waals surface area contributed by atoms with Crippen molar-refractivity contribution in [2.45, 2.75) is 26.3 Å². The number of benzene rings is 1. The summed E-state index contributed by atoms with van der Waals surface area (Å²) in [5.41, 5.74) is 2.44. The summed E-state index contributed by atoms with van der Waals surface area (Å²) in [6.45, 7) is 3.70. The van der Waals surface area contributed by atoms with E-state index in [2.05, 4.69) is 24.4 Å². The van der Waals surface area contributed by atoms with Crippen molar-refractivity contribution in [1.29, 1.82) is 0 Å². The molecule has 1 rings (SSSR count). The molecule has 0 saturated heterocycles. The Morgan fingerprint density at radius 1 is 1.43 bits per heavy atom. The maximum Gasteiger partial charge on any atom is 0.131 e. The van der Waals surface area contributed by atoms with Crippen molar-refractivity contribution in [2.24, 2.45) is 0 Å². The van der Waals surface area contributed by atoms with E-state index in [0.29, 0.717) is 6.42 Å². The van der Waals surface area contributed by atoms with Gasteiger partial charge >= 0.3 is 0 Å². The first-order valence-electron chi connectivity index (χ1n) is 4.87. The van der Waals surface area contributed by atoms with E-state index in [0.717, 1.165) is 0 Å². The van der Waals surface area contributed by atoms with Gasteiger partial charge in [-0.3, -0.25) is 4.79 Å². The zero-order chi connectivity index (χ0) is 10.6. The van der Waals surface area contributed by atoms with Crippen molar-refractivity contribution in [2.75, 3.05) is 7.05 Å². The molecule has 0 unspecified atom stereocenters. The summed E-state index contributed by atoms with van der Waals surface area (Å²) in [6, 6.07) is 8.31. The van der Waals surface area contributed by atoms with E-state index in [4.69, 9.17) is 0 Å². The van der Waals surface area contributed by atoms with Gasteiger partial charge in [0, 0.05) is 12.5 Å². The number of carbonyl (C=O) groups is 1. The standard InChI is InChI=1S/C12H17NO/c1-9-6-4-5-7-11(9)12(13-3)8-10(2)14/h4-7,12-13H,8H2,1-3H3/t12-/m0/s1. The predicted molar refractivity (Wildman–Crippen MR) is 58.3 cm³/mol. The molecule has 0 aliphatic carbocycles. The van der Waals surface area contributed by atoms with E-state index in [1.807, 2.05) is 19.2 Å². The molecule has 1 aromatic rings. The molecule has 0 aromatic heterocycles. The molecule has 1 atom stereocenters. The highest BCUT2D eigenvalue weighted by atomic mass is 16.1. The molecule has 0 bridgehead atoms.